The maximum Gasteiger partial charge on any atom is 0.275 e. The van der Waals surface area contributed by atoms with Crippen LogP contribution < -0.4 is 24.8 Å². The number of nitrogens with one attached hydrogen (secondary N) is 2. The lowest BCUT2D eigenvalue weighted by Gasteiger charge is -2.12. The van der Waals surface area contributed by atoms with Crippen LogP contribution in [0.5, 0.6) is 17.2 Å². The molecule has 2 aromatic carbocycles. The third-order valence-corrected chi connectivity index (χ3v) is 7.40. The zero-order valence-corrected chi connectivity index (χ0v) is 27.0. The Labute approximate surface area is 270 Å². The van der Waals surface area contributed by atoms with Gasteiger partial charge in [-0.2, -0.15) is 0 Å². The molecular formula is C34H33ClN6O5. The highest BCUT2D eigenvalue weighted by molar-refractivity contribution is 6.32. The highest BCUT2D eigenvalue weighted by atomic mass is 35.5. The van der Waals surface area contributed by atoms with Crippen LogP contribution in [0.2, 0.25) is 5.02 Å². The van der Waals surface area contributed by atoms with Crippen LogP contribution in [0.3, 0.4) is 0 Å². The van der Waals surface area contributed by atoms with Crippen LogP contribution in [0.4, 0.5) is 11.4 Å². The second-order valence-electron chi connectivity index (χ2n) is 10.4. The number of nitrogens with zero attached hydrogens (tertiary/aromatic N) is 4. The summed E-state index contributed by atoms with van der Waals surface area (Å²) in [4.78, 5) is 33.6. The van der Waals surface area contributed by atoms with E-state index in [0.717, 1.165) is 22.5 Å². The predicted octanol–water partition coefficient (Wildman–Crippen LogP) is 6.78. The summed E-state index contributed by atoms with van der Waals surface area (Å²) in [6.45, 7) is 5.90. The number of benzene rings is 2. The molecule has 0 radical (unpaired) electrons. The summed E-state index contributed by atoms with van der Waals surface area (Å²) in [5, 5.41) is 6.00. The van der Waals surface area contributed by atoms with Gasteiger partial charge < -0.3 is 33.6 Å². The Morgan fingerprint density at radius 2 is 1.33 bits per heavy atom. The van der Waals surface area contributed by atoms with E-state index in [1.807, 2.05) is 84.3 Å². The molecule has 12 heteroatoms. The molecular weight excluding hydrogens is 608 g/mol. The molecule has 4 aromatic heterocycles. The number of carbonyl (C=O) groups excluding carboxylic acids is 2. The number of fused-ring (bicyclic) bond motifs is 2. The first-order valence-electron chi connectivity index (χ1n) is 14.2. The first kappa shape index (κ1) is 31.9. The van der Waals surface area contributed by atoms with E-state index in [1.165, 1.54) is 14.2 Å². The SMILES string of the molecule is COc1cc(OC)c(NC(=O)c2cn3c(C)cccc3n2)cc1Cl.COc1ccc(C)cc1NC(=O)c1cn2ccc(C)cc2n1. The molecule has 46 heavy (non-hydrogen) atoms. The van der Waals surface area contributed by atoms with Crippen LogP contribution in [0.25, 0.3) is 11.3 Å². The molecule has 11 nitrogen and oxygen atoms in total. The van der Waals surface area contributed by atoms with Gasteiger partial charge in [-0.05, 0) is 74.4 Å². The lowest BCUT2D eigenvalue weighted by Crippen LogP contribution is -2.13. The van der Waals surface area contributed by atoms with Crippen LogP contribution in [-0.4, -0.2) is 51.9 Å². The van der Waals surface area contributed by atoms with Crippen molar-refractivity contribution in [3.8, 4) is 17.2 Å². The zero-order valence-electron chi connectivity index (χ0n) is 26.2. The molecule has 2 N–H and O–H groups in total. The van der Waals surface area contributed by atoms with Crippen LogP contribution in [0.15, 0.2) is 79.3 Å². The number of methoxy groups -OCH3 is 3. The van der Waals surface area contributed by atoms with E-state index in [0.29, 0.717) is 50.7 Å². The number of aromatic nitrogens is 4. The van der Waals surface area contributed by atoms with Gasteiger partial charge in [0, 0.05) is 30.4 Å². The molecule has 0 fully saturated rings. The molecule has 0 unspecified atom stereocenters. The van der Waals surface area contributed by atoms with Crippen LogP contribution in [0.1, 0.15) is 37.8 Å². The van der Waals surface area contributed by atoms with Crippen molar-refractivity contribution in [3.05, 3.63) is 112 Å². The van der Waals surface area contributed by atoms with Gasteiger partial charge in [0.15, 0.2) is 0 Å². The van der Waals surface area contributed by atoms with E-state index in [4.69, 9.17) is 25.8 Å². The molecule has 0 atom stereocenters. The maximum absolute atomic E-state index is 12.5. The van der Waals surface area contributed by atoms with Gasteiger partial charge in [-0.1, -0.05) is 23.7 Å². The molecule has 0 saturated heterocycles. The molecule has 0 saturated carbocycles. The van der Waals surface area contributed by atoms with Crippen molar-refractivity contribution < 1.29 is 23.8 Å². The van der Waals surface area contributed by atoms with Gasteiger partial charge in [-0.15, -0.1) is 0 Å². The number of amides is 2. The monoisotopic (exact) mass is 640 g/mol. The van der Waals surface area contributed by atoms with E-state index in [-0.39, 0.29) is 11.8 Å². The normalized spacial score (nSPS) is 10.7. The molecule has 0 aliphatic carbocycles. The minimum atomic E-state index is -0.349. The van der Waals surface area contributed by atoms with Gasteiger partial charge in [-0.3, -0.25) is 9.59 Å². The lowest BCUT2D eigenvalue weighted by molar-refractivity contribution is 0.101. The second-order valence-corrected chi connectivity index (χ2v) is 10.8. The van der Waals surface area contributed by atoms with E-state index < -0.39 is 0 Å². The van der Waals surface area contributed by atoms with E-state index in [2.05, 4.69) is 20.6 Å². The number of aryl methyl sites for hydroxylation is 3. The number of hydrogen-bond acceptors (Lipinski definition) is 7. The van der Waals surface area contributed by atoms with Gasteiger partial charge in [-0.25, -0.2) is 9.97 Å². The van der Waals surface area contributed by atoms with Crippen molar-refractivity contribution >= 4 is 46.1 Å². The van der Waals surface area contributed by atoms with Gasteiger partial charge in [0.1, 0.15) is 39.9 Å². The summed E-state index contributed by atoms with van der Waals surface area (Å²) in [5.41, 5.74) is 6.35. The first-order chi connectivity index (χ1) is 22.1. The molecule has 0 aliphatic rings. The number of rotatable bonds is 7. The molecule has 0 aliphatic heterocycles. The number of imidazole rings is 2. The van der Waals surface area contributed by atoms with E-state index >= 15 is 0 Å². The fraction of sp³-hybridized carbons (Fsp3) is 0.176. The van der Waals surface area contributed by atoms with Crippen molar-refractivity contribution in [1.82, 2.24) is 18.8 Å². The Kier molecular flexibility index (Phi) is 9.43. The van der Waals surface area contributed by atoms with Crippen molar-refractivity contribution in [2.75, 3.05) is 32.0 Å². The second kappa shape index (κ2) is 13.6. The summed E-state index contributed by atoms with van der Waals surface area (Å²) in [7, 11) is 4.60. The molecule has 4 heterocycles. The highest BCUT2D eigenvalue weighted by Crippen LogP contribution is 2.36. The quantitative estimate of drug-likeness (QED) is 0.197. The molecule has 2 amide bonds. The minimum absolute atomic E-state index is 0.259. The molecule has 0 spiro atoms. The van der Waals surface area contributed by atoms with Crippen LogP contribution >= 0.6 is 11.6 Å². The maximum atomic E-state index is 12.5. The number of anilines is 2. The number of halogens is 1. The zero-order chi connectivity index (χ0) is 33.0. The summed E-state index contributed by atoms with van der Waals surface area (Å²) >= 11 is 6.12. The molecule has 0 bridgehead atoms. The summed E-state index contributed by atoms with van der Waals surface area (Å²) in [5.74, 6) is 0.931. The summed E-state index contributed by atoms with van der Waals surface area (Å²) < 4.78 is 19.4. The predicted molar refractivity (Wildman–Crippen MR) is 178 cm³/mol. The topological polar surface area (TPSA) is 120 Å². The standard InChI is InChI=1S/C17H16ClN3O3.C17H17N3O2/c1-10-5-4-6-16-19-13(9-21(10)16)17(22)20-12-7-11(18)14(23-2)8-15(12)24-3;1-11-4-5-15(22-3)13(8-11)19-17(21)14-10-20-7-6-12(2)9-16(20)18-14/h4-9H,1-3H3,(H,20,22);4-10H,1-3H3,(H,19,21). The number of carbonyl (C=O) groups is 2. The first-order valence-corrected chi connectivity index (χ1v) is 14.6. The van der Waals surface area contributed by atoms with Crippen LogP contribution in [0, 0.1) is 20.8 Å². The third-order valence-electron chi connectivity index (χ3n) is 7.10. The molecule has 236 valence electrons. The Bertz CT molecular complexity index is 2070. The van der Waals surface area contributed by atoms with Crippen LogP contribution in [-0.2, 0) is 0 Å². The number of ether oxygens (including phenoxy) is 3. The van der Waals surface area contributed by atoms with Gasteiger partial charge in [0.25, 0.3) is 11.8 Å². The van der Waals surface area contributed by atoms with Gasteiger partial charge in [0.05, 0.1) is 37.7 Å². The summed E-state index contributed by atoms with van der Waals surface area (Å²) in [6.07, 6.45) is 5.30. The Balaban J connectivity index is 0.000000182. The molecule has 6 rings (SSSR count). The highest BCUT2D eigenvalue weighted by Gasteiger charge is 2.17. The average molecular weight is 641 g/mol. The lowest BCUT2D eigenvalue weighted by atomic mass is 10.2. The van der Waals surface area contributed by atoms with E-state index in [1.54, 1.807) is 31.6 Å². The Hall–Kier alpha value is -5.55. The smallest absolute Gasteiger partial charge is 0.275 e. The van der Waals surface area contributed by atoms with Crippen molar-refractivity contribution in [3.63, 3.8) is 0 Å². The van der Waals surface area contributed by atoms with Gasteiger partial charge in [0.2, 0.25) is 0 Å². The van der Waals surface area contributed by atoms with Crippen molar-refractivity contribution in [2.24, 2.45) is 0 Å². The third kappa shape index (κ3) is 6.89. The van der Waals surface area contributed by atoms with Crippen molar-refractivity contribution in [2.45, 2.75) is 20.8 Å². The number of hydrogen-bond donors (Lipinski definition) is 2. The number of pyridine rings is 2. The fourth-order valence-corrected chi connectivity index (χ4v) is 4.94. The fourth-order valence-electron chi connectivity index (χ4n) is 4.70. The average Bonchev–Trinajstić information content (AvgIpc) is 3.67. The Morgan fingerprint density at radius 1 is 0.696 bits per heavy atom. The Morgan fingerprint density at radius 3 is 2.00 bits per heavy atom. The minimum Gasteiger partial charge on any atom is -0.495 e. The summed E-state index contributed by atoms with van der Waals surface area (Å²) in [6, 6.07) is 18.4. The van der Waals surface area contributed by atoms with Crippen molar-refractivity contribution in [1.29, 1.82) is 0 Å². The van der Waals surface area contributed by atoms with E-state index in [9.17, 15) is 9.59 Å². The largest absolute Gasteiger partial charge is 0.495 e. The molecule has 6 aromatic rings. The van der Waals surface area contributed by atoms with Gasteiger partial charge >= 0.3 is 0 Å².